The summed E-state index contributed by atoms with van der Waals surface area (Å²) in [5, 5.41) is 8.40. The largest absolute Gasteiger partial charge is 0.480 e. The Morgan fingerprint density at radius 1 is 2.00 bits per heavy atom. The van der Waals surface area contributed by atoms with E-state index in [2.05, 4.69) is 6.58 Å². The predicted molar refractivity (Wildman–Crippen MR) is 35.0 cm³/mol. The number of hydrogen-bond donors (Lipinski definition) is 2. The van der Waals surface area contributed by atoms with E-state index in [-0.39, 0.29) is 0 Å². The summed E-state index contributed by atoms with van der Waals surface area (Å²) < 4.78 is 0. The zero-order valence-electron chi connectivity index (χ0n) is 5.42. The second-order valence-electron chi connectivity index (χ2n) is 2.22. The van der Waals surface area contributed by atoms with Crippen molar-refractivity contribution in [2.75, 3.05) is 0 Å². The minimum absolute atomic E-state index is 0.294. The van der Waals surface area contributed by atoms with Crippen molar-refractivity contribution in [1.82, 2.24) is 0 Å². The van der Waals surface area contributed by atoms with Crippen molar-refractivity contribution in [1.29, 1.82) is 0 Å². The van der Waals surface area contributed by atoms with Gasteiger partial charge >= 0.3 is 5.97 Å². The first kappa shape index (κ1) is 8.17. The van der Waals surface area contributed by atoms with Crippen molar-refractivity contribution < 1.29 is 9.90 Å². The Morgan fingerprint density at radius 2 is 2.44 bits per heavy atom. The fourth-order valence-electron chi connectivity index (χ4n) is 0.387. The maximum Gasteiger partial charge on any atom is 0.323 e. The molecule has 0 bridgehead atoms. The summed E-state index contributed by atoms with van der Waals surface area (Å²) in [6, 6.07) is 0. The first-order valence-electron chi connectivity index (χ1n) is 2.64. The van der Waals surface area contributed by atoms with E-state index in [1.807, 2.05) is 0 Å². The van der Waals surface area contributed by atoms with Crippen LogP contribution in [-0.4, -0.2) is 16.6 Å². The fraction of sp³-hybridized carbons (Fsp3) is 0.500. The molecule has 0 aliphatic heterocycles. The van der Waals surface area contributed by atoms with Crippen LogP contribution in [-0.2, 0) is 4.79 Å². The molecule has 0 aromatic carbocycles. The van der Waals surface area contributed by atoms with Crippen LogP contribution in [0.2, 0.25) is 0 Å². The van der Waals surface area contributed by atoms with E-state index in [9.17, 15) is 4.79 Å². The third-order valence-corrected chi connectivity index (χ3v) is 1.06. The molecule has 0 saturated carbocycles. The zero-order valence-corrected chi connectivity index (χ0v) is 5.42. The monoisotopic (exact) mass is 129 g/mol. The Hall–Kier alpha value is -0.830. The van der Waals surface area contributed by atoms with Gasteiger partial charge in [0.2, 0.25) is 0 Å². The Balaban J connectivity index is 4.00. The minimum Gasteiger partial charge on any atom is -0.480 e. The van der Waals surface area contributed by atoms with Crippen molar-refractivity contribution >= 4 is 5.97 Å². The highest BCUT2D eigenvalue weighted by Gasteiger charge is 2.25. The highest BCUT2D eigenvalue weighted by atomic mass is 16.4. The lowest BCUT2D eigenvalue weighted by molar-refractivity contribution is -0.142. The highest BCUT2D eigenvalue weighted by molar-refractivity contribution is 5.78. The number of carboxylic acid groups (broad SMARTS) is 1. The highest BCUT2D eigenvalue weighted by Crippen LogP contribution is 2.04. The van der Waals surface area contributed by atoms with Gasteiger partial charge in [0.1, 0.15) is 5.54 Å². The second-order valence-corrected chi connectivity index (χ2v) is 2.22. The Labute approximate surface area is 54.2 Å². The zero-order chi connectivity index (χ0) is 7.49. The molecule has 0 radical (unpaired) electrons. The molecular weight excluding hydrogens is 118 g/mol. The van der Waals surface area contributed by atoms with E-state index in [0.29, 0.717) is 6.42 Å². The van der Waals surface area contributed by atoms with Gasteiger partial charge in [-0.2, -0.15) is 0 Å². The van der Waals surface area contributed by atoms with Gasteiger partial charge in [0.25, 0.3) is 0 Å². The molecule has 0 saturated heterocycles. The van der Waals surface area contributed by atoms with Crippen molar-refractivity contribution in [3.63, 3.8) is 0 Å². The van der Waals surface area contributed by atoms with Gasteiger partial charge in [0.05, 0.1) is 0 Å². The maximum atomic E-state index is 10.2. The summed E-state index contributed by atoms with van der Waals surface area (Å²) in [6.07, 6.45) is 1.79. The summed E-state index contributed by atoms with van der Waals surface area (Å²) in [4.78, 5) is 10.2. The molecule has 0 aliphatic carbocycles. The van der Waals surface area contributed by atoms with Crippen LogP contribution in [0.4, 0.5) is 0 Å². The van der Waals surface area contributed by atoms with Crippen molar-refractivity contribution in [3.8, 4) is 0 Å². The Morgan fingerprint density at radius 3 is 2.56 bits per heavy atom. The molecular formula is C6H11NO2. The van der Waals surface area contributed by atoms with E-state index < -0.39 is 11.5 Å². The predicted octanol–water partition coefficient (Wildman–Crippen LogP) is 0.365. The topological polar surface area (TPSA) is 63.3 Å². The van der Waals surface area contributed by atoms with Gasteiger partial charge in [-0.15, -0.1) is 6.58 Å². The average Bonchev–Trinajstić information content (AvgIpc) is 1.65. The first-order chi connectivity index (χ1) is 4.00. The number of rotatable bonds is 3. The van der Waals surface area contributed by atoms with Crippen LogP contribution in [0.1, 0.15) is 13.3 Å². The number of hydrogen-bond acceptors (Lipinski definition) is 2. The van der Waals surface area contributed by atoms with Gasteiger partial charge in [-0.25, -0.2) is 0 Å². The van der Waals surface area contributed by atoms with Crippen LogP contribution in [0, 0.1) is 0 Å². The molecule has 52 valence electrons. The third kappa shape index (κ3) is 2.28. The van der Waals surface area contributed by atoms with Gasteiger partial charge in [-0.1, -0.05) is 6.08 Å². The summed E-state index contributed by atoms with van der Waals surface area (Å²) in [7, 11) is 0. The molecule has 0 aromatic heterocycles. The third-order valence-electron chi connectivity index (χ3n) is 1.06. The van der Waals surface area contributed by atoms with E-state index in [1.54, 1.807) is 0 Å². The molecule has 0 heterocycles. The molecule has 0 unspecified atom stereocenters. The second kappa shape index (κ2) is 2.64. The van der Waals surface area contributed by atoms with Crippen molar-refractivity contribution in [2.24, 2.45) is 5.73 Å². The van der Waals surface area contributed by atoms with Crippen LogP contribution >= 0.6 is 0 Å². The molecule has 3 N–H and O–H groups in total. The van der Waals surface area contributed by atoms with E-state index in [4.69, 9.17) is 10.8 Å². The lowest BCUT2D eigenvalue weighted by atomic mass is 10.0. The molecule has 0 aliphatic rings. The molecule has 0 spiro atoms. The Bertz CT molecular complexity index is 129. The van der Waals surface area contributed by atoms with Crippen LogP contribution < -0.4 is 5.73 Å². The summed E-state index contributed by atoms with van der Waals surface area (Å²) in [5.74, 6) is -0.998. The molecule has 1 atom stereocenters. The summed E-state index contributed by atoms with van der Waals surface area (Å²) in [5.41, 5.74) is 4.15. The molecule has 9 heavy (non-hydrogen) atoms. The van der Waals surface area contributed by atoms with E-state index in [1.165, 1.54) is 13.0 Å². The number of carboxylic acids is 1. The lowest BCUT2D eigenvalue weighted by Gasteiger charge is -2.15. The van der Waals surface area contributed by atoms with Crippen LogP contribution in [0.25, 0.3) is 0 Å². The lowest BCUT2D eigenvalue weighted by Crippen LogP contribution is -2.44. The number of nitrogens with two attached hydrogens (primary N) is 1. The van der Waals surface area contributed by atoms with Crippen LogP contribution in [0.3, 0.4) is 0 Å². The van der Waals surface area contributed by atoms with E-state index in [0.717, 1.165) is 0 Å². The van der Waals surface area contributed by atoms with Gasteiger partial charge in [0, 0.05) is 0 Å². The standard InChI is InChI=1S/C6H11NO2/c1-3-4-6(2,7)5(8)9/h3H,1,4,7H2,2H3,(H,8,9)/t6-/m0/s1. The molecule has 0 aromatic rings. The van der Waals surface area contributed by atoms with Gasteiger partial charge in [0.15, 0.2) is 0 Å². The van der Waals surface area contributed by atoms with Gasteiger partial charge < -0.3 is 10.8 Å². The average molecular weight is 129 g/mol. The van der Waals surface area contributed by atoms with Crippen molar-refractivity contribution in [3.05, 3.63) is 12.7 Å². The fourth-order valence-corrected chi connectivity index (χ4v) is 0.387. The number of aliphatic carboxylic acids is 1. The smallest absolute Gasteiger partial charge is 0.323 e. The van der Waals surface area contributed by atoms with E-state index >= 15 is 0 Å². The van der Waals surface area contributed by atoms with Crippen molar-refractivity contribution in [2.45, 2.75) is 18.9 Å². The molecule has 3 nitrogen and oxygen atoms in total. The SMILES string of the molecule is C=CC[C@](C)(N)C(=O)O. The molecule has 3 heteroatoms. The van der Waals surface area contributed by atoms with Crippen LogP contribution in [0.5, 0.6) is 0 Å². The molecule has 0 fully saturated rings. The first-order valence-corrected chi connectivity index (χ1v) is 2.64. The maximum absolute atomic E-state index is 10.2. The quantitative estimate of drug-likeness (QED) is 0.541. The molecule has 0 amide bonds. The summed E-state index contributed by atoms with van der Waals surface area (Å²) in [6.45, 7) is 4.84. The minimum atomic E-state index is -1.15. The van der Waals surface area contributed by atoms with Crippen LogP contribution in [0.15, 0.2) is 12.7 Å². The molecule has 0 rings (SSSR count). The Kier molecular flexibility index (Phi) is 2.40. The summed E-state index contributed by atoms with van der Waals surface area (Å²) >= 11 is 0. The normalized spacial score (nSPS) is 16.2. The van der Waals surface area contributed by atoms with Gasteiger partial charge in [-0.05, 0) is 13.3 Å². The number of carbonyl (C=O) groups is 1. The van der Waals surface area contributed by atoms with Gasteiger partial charge in [-0.3, -0.25) is 4.79 Å².